The molecule has 102 valence electrons. The van der Waals surface area contributed by atoms with Crippen molar-refractivity contribution in [2.24, 2.45) is 17.8 Å². The van der Waals surface area contributed by atoms with Gasteiger partial charge in [0.25, 0.3) is 0 Å². The molecule has 3 atom stereocenters. The highest BCUT2D eigenvalue weighted by molar-refractivity contribution is 4.86. The molecule has 1 fully saturated rings. The molecular weight excluding hydrogens is 210 g/mol. The third kappa shape index (κ3) is 4.97. The maximum Gasteiger partial charge on any atom is 0.0730 e. The smallest absolute Gasteiger partial charge is 0.0730 e. The van der Waals surface area contributed by atoms with E-state index in [9.17, 15) is 0 Å². The Morgan fingerprint density at radius 3 is 2.41 bits per heavy atom. The van der Waals surface area contributed by atoms with Crippen LogP contribution in [0.5, 0.6) is 0 Å². The number of hydrogen-bond acceptors (Lipinski definition) is 2. The van der Waals surface area contributed by atoms with E-state index in [0.29, 0.717) is 18.1 Å². The molecular formula is C15H31NO. The molecule has 0 bridgehead atoms. The van der Waals surface area contributed by atoms with Crippen LogP contribution in [0.4, 0.5) is 0 Å². The summed E-state index contributed by atoms with van der Waals surface area (Å²) in [6, 6.07) is 0.578. The van der Waals surface area contributed by atoms with Crippen molar-refractivity contribution in [1.82, 2.24) is 5.32 Å². The van der Waals surface area contributed by atoms with Gasteiger partial charge in [0.2, 0.25) is 0 Å². The minimum Gasteiger partial charge on any atom is -0.376 e. The fraction of sp³-hybridized carbons (Fsp3) is 1.00. The largest absolute Gasteiger partial charge is 0.376 e. The number of likely N-dealkylation sites (N-methyl/N-ethyl adjacent to an activating group) is 1. The van der Waals surface area contributed by atoms with E-state index in [0.717, 1.165) is 25.0 Å². The molecule has 0 aromatic heterocycles. The molecule has 0 aromatic rings. The summed E-state index contributed by atoms with van der Waals surface area (Å²) in [5.74, 6) is 2.28. The summed E-state index contributed by atoms with van der Waals surface area (Å²) in [4.78, 5) is 0. The zero-order valence-electron chi connectivity index (χ0n) is 12.3. The van der Waals surface area contributed by atoms with E-state index >= 15 is 0 Å². The van der Waals surface area contributed by atoms with Gasteiger partial charge in [0.05, 0.1) is 6.10 Å². The predicted octanol–water partition coefficient (Wildman–Crippen LogP) is 3.46. The van der Waals surface area contributed by atoms with Gasteiger partial charge in [0.1, 0.15) is 0 Å². The van der Waals surface area contributed by atoms with Gasteiger partial charge in [-0.25, -0.2) is 0 Å². The first-order chi connectivity index (χ1) is 8.04. The molecule has 1 saturated carbocycles. The minimum atomic E-state index is 0.429. The van der Waals surface area contributed by atoms with Crippen molar-refractivity contribution in [3.05, 3.63) is 0 Å². The van der Waals surface area contributed by atoms with E-state index in [4.69, 9.17) is 4.74 Å². The Bertz CT molecular complexity index is 203. The van der Waals surface area contributed by atoms with Crippen LogP contribution in [0.25, 0.3) is 0 Å². The standard InChI is InChI=1S/C15H31NO/c1-6-16-14-8-7-13(12(4)5)9-15(14)17-10-11(2)3/h11-16H,6-10H2,1-5H3. The summed E-state index contributed by atoms with van der Waals surface area (Å²) in [5, 5.41) is 3.59. The second-order valence-electron chi connectivity index (χ2n) is 6.25. The van der Waals surface area contributed by atoms with Crippen molar-refractivity contribution < 1.29 is 4.74 Å². The molecule has 0 spiro atoms. The molecule has 0 aromatic carbocycles. The average Bonchev–Trinajstić information content (AvgIpc) is 2.27. The Balaban J connectivity index is 2.49. The Labute approximate surface area is 108 Å². The summed E-state index contributed by atoms with van der Waals surface area (Å²) >= 11 is 0. The first-order valence-electron chi connectivity index (χ1n) is 7.39. The van der Waals surface area contributed by atoms with Gasteiger partial charge < -0.3 is 10.1 Å². The maximum atomic E-state index is 6.13. The molecule has 0 amide bonds. The molecule has 0 saturated heterocycles. The molecule has 1 aliphatic rings. The second-order valence-corrected chi connectivity index (χ2v) is 6.25. The third-order valence-corrected chi connectivity index (χ3v) is 3.89. The normalized spacial score (nSPS) is 30.2. The lowest BCUT2D eigenvalue weighted by Crippen LogP contribution is -2.46. The number of rotatable bonds is 6. The molecule has 0 heterocycles. The first-order valence-corrected chi connectivity index (χ1v) is 7.39. The number of hydrogen-bond donors (Lipinski definition) is 1. The molecule has 0 radical (unpaired) electrons. The van der Waals surface area contributed by atoms with Crippen LogP contribution >= 0.6 is 0 Å². The highest BCUT2D eigenvalue weighted by Gasteiger charge is 2.31. The Hall–Kier alpha value is -0.0800. The van der Waals surface area contributed by atoms with Crippen LogP contribution in [0, 0.1) is 17.8 Å². The summed E-state index contributed by atoms with van der Waals surface area (Å²) in [7, 11) is 0. The van der Waals surface area contributed by atoms with Crippen LogP contribution in [-0.4, -0.2) is 25.3 Å². The molecule has 1 rings (SSSR count). The third-order valence-electron chi connectivity index (χ3n) is 3.89. The predicted molar refractivity (Wildman–Crippen MR) is 74.2 cm³/mol. The maximum absolute atomic E-state index is 6.13. The zero-order valence-corrected chi connectivity index (χ0v) is 12.3. The van der Waals surface area contributed by atoms with Crippen LogP contribution in [0.3, 0.4) is 0 Å². The zero-order chi connectivity index (χ0) is 12.8. The molecule has 0 aliphatic heterocycles. The molecule has 1 aliphatic carbocycles. The van der Waals surface area contributed by atoms with Crippen LogP contribution in [0.2, 0.25) is 0 Å². The molecule has 2 heteroatoms. The first kappa shape index (κ1) is 15.0. The van der Waals surface area contributed by atoms with Gasteiger partial charge in [-0.15, -0.1) is 0 Å². The Kier molecular flexibility index (Phi) is 6.50. The van der Waals surface area contributed by atoms with E-state index in [1.54, 1.807) is 0 Å². The SMILES string of the molecule is CCNC1CCC(C(C)C)CC1OCC(C)C. The van der Waals surface area contributed by atoms with Crippen molar-refractivity contribution in [1.29, 1.82) is 0 Å². The van der Waals surface area contributed by atoms with Crippen LogP contribution in [0.15, 0.2) is 0 Å². The van der Waals surface area contributed by atoms with Crippen LogP contribution < -0.4 is 5.32 Å². The van der Waals surface area contributed by atoms with Crippen molar-refractivity contribution in [2.45, 2.75) is 66.0 Å². The van der Waals surface area contributed by atoms with Gasteiger partial charge in [-0.05, 0) is 43.6 Å². The van der Waals surface area contributed by atoms with Gasteiger partial charge in [-0.2, -0.15) is 0 Å². The van der Waals surface area contributed by atoms with E-state index in [1.165, 1.54) is 19.3 Å². The summed E-state index contributed by atoms with van der Waals surface area (Å²) < 4.78 is 6.13. The van der Waals surface area contributed by atoms with E-state index in [2.05, 4.69) is 39.9 Å². The fourth-order valence-corrected chi connectivity index (χ4v) is 2.76. The molecule has 3 unspecified atom stereocenters. The topological polar surface area (TPSA) is 21.3 Å². The Morgan fingerprint density at radius 2 is 1.88 bits per heavy atom. The van der Waals surface area contributed by atoms with Gasteiger partial charge in [-0.3, -0.25) is 0 Å². The summed E-state index contributed by atoms with van der Waals surface area (Å²) in [5.41, 5.74) is 0. The van der Waals surface area contributed by atoms with Crippen molar-refractivity contribution >= 4 is 0 Å². The van der Waals surface area contributed by atoms with Crippen molar-refractivity contribution in [3.63, 3.8) is 0 Å². The highest BCUT2D eigenvalue weighted by Crippen LogP contribution is 2.32. The lowest BCUT2D eigenvalue weighted by atomic mass is 9.78. The monoisotopic (exact) mass is 241 g/mol. The fourth-order valence-electron chi connectivity index (χ4n) is 2.76. The molecule has 2 nitrogen and oxygen atoms in total. The van der Waals surface area contributed by atoms with E-state index in [1.807, 2.05) is 0 Å². The lowest BCUT2D eigenvalue weighted by Gasteiger charge is -2.38. The van der Waals surface area contributed by atoms with Gasteiger partial charge in [0.15, 0.2) is 0 Å². The van der Waals surface area contributed by atoms with Crippen molar-refractivity contribution in [3.8, 4) is 0 Å². The van der Waals surface area contributed by atoms with Gasteiger partial charge in [0, 0.05) is 12.6 Å². The quantitative estimate of drug-likeness (QED) is 0.769. The molecule has 1 N–H and O–H groups in total. The minimum absolute atomic E-state index is 0.429. The Morgan fingerprint density at radius 1 is 1.18 bits per heavy atom. The summed E-state index contributed by atoms with van der Waals surface area (Å²) in [6.45, 7) is 13.3. The van der Waals surface area contributed by atoms with Gasteiger partial charge >= 0.3 is 0 Å². The summed E-state index contributed by atoms with van der Waals surface area (Å²) in [6.07, 6.45) is 4.30. The highest BCUT2D eigenvalue weighted by atomic mass is 16.5. The van der Waals surface area contributed by atoms with E-state index in [-0.39, 0.29) is 0 Å². The number of nitrogens with one attached hydrogen (secondary N) is 1. The van der Waals surface area contributed by atoms with Crippen molar-refractivity contribution in [2.75, 3.05) is 13.2 Å². The van der Waals surface area contributed by atoms with Crippen LogP contribution in [-0.2, 0) is 4.74 Å². The second kappa shape index (κ2) is 7.38. The lowest BCUT2D eigenvalue weighted by molar-refractivity contribution is -0.0267. The molecule has 17 heavy (non-hydrogen) atoms. The van der Waals surface area contributed by atoms with E-state index < -0.39 is 0 Å². The average molecular weight is 241 g/mol. The number of ether oxygens (including phenoxy) is 1. The van der Waals surface area contributed by atoms with Gasteiger partial charge in [-0.1, -0.05) is 34.6 Å². The van der Waals surface area contributed by atoms with Crippen LogP contribution in [0.1, 0.15) is 53.9 Å².